The van der Waals surface area contributed by atoms with Crippen molar-refractivity contribution in [2.45, 2.75) is 38.5 Å². The van der Waals surface area contributed by atoms with Gasteiger partial charge in [0, 0.05) is 41.6 Å². The van der Waals surface area contributed by atoms with Crippen LogP contribution in [-0.4, -0.2) is 46.5 Å². The summed E-state index contributed by atoms with van der Waals surface area (Å²) in [7, 11) is 4.00. The molecule has 0 aromatic heterocycles. The molecule has 2 aliphatic rings. The molecule has 0 fully saturated rings. The van der Waals surface area contributed by atoms with Crippen LogP contribution in [0.25, 0.3) is 0 Å². The molecule has 0 bridgehead atoms. The van der Waals surface area contributed by atoms with E-state index in [-0.39, 0.29) is 10.8 Å². The molecular formula is C29H31N2O4+. The van der Waals surface area contributed by atoms with E-state index in [1.54, 1.807) is 24.3 Å². The molecule has 2 aliphatic heterocycles. The largest absolute Gasteiger partial charge is 0.478 e. The minimum absolute atomic E-state index is 0.293. The van der Waals surface area contributed by atoms with Gasteiger partial charge in [-0.1, -0.05) is 32.1 Å². The average molecular weight is 472 g/mol. The fourth-order valence-corrected chi connectivity index (χ4v) is 5.30. The Labute approximate surface area is 205 Å². The van der Waals surface area contributed by atoms with Crippen LogP contribution in [0.3, 0.4) is 0 Å². The molecule has 6 nitrogen and oxygen atoms in total. The second kappa shape index (κ2) is 8.38. The highest BCUT2D eigenvalue weighted by Gasteiger charge is 2.43. The SMILES string of the molecule is CN1/C(=C/C=C/C=C/C2=[N+](C)c3ccc(C(=O)O)cc3C2(C)C)C(C)(C)c2cc(C(=O)O)ccc21. The lowest BCUT2D eigenvalue weighted by Crippen LogP contribution is -2.26. The third-order valence-electron chi connectivity index (χ3n) is 7.29. The molecule has 0 amide bonds. The Bertz CT molecular complexity index is 1370. The molecule has 0 radical (unpaired) electrons. The summed E-state index contributed by atoms with van der Waals surface area (Å²) in [6, 6.07) is 10.6. The molecule has 0 atom stereocenters. The molecule has 0 spiro atoms. The molecule has 2 aromatic rings. The third-order valence-corrected chi connectivity index (χ3v) is 7.29. The quantitative estimate of drug-likeness (QED) is 0.444. The lowest BCUT2D eigenvalue weighted by Gasteiger charge is -2.23. The van der Waals surface area contributed by atoms with E-state index in [1.165, 1.54) is 0 Å². The van der Waals surface area contributed by atoms with E-state index in [4.69, 9.17) is 0 Å². The van der Waals surface area contributed by atoms with Gasteiger partial charge in [-0.2, -0.15) is 4.58 Å². The molecular weight excluding hydrogens is 440 g/mol. The van der Waals surface area contributed by atoms with Crippen LogP contribution in [0.5, 0.6) is 0 Å². The number of hydrogen-bond donors (Lipinski definition) is 2. The topological polar surface area (TPSA) is 80.8 Å². The number of fused-ring (bicyclic) bond motifs is 2. The van der Waals surface area contributed by atoms with Gasteiger partial charge < -0.3 is 15.1 Å². The van der Waals surface area contributed by atoms with Gasteiger partial charge in [-0.25, -0.2) is 9.59 Å². The van der Waals surface area contributed by atoms with Crippen molar-refractivity contribution in [2.75, 3.05) is 19.0 Å². The first kappa shape index (κ1) is 24.2. The standard InChI is InChI=1S/C29H30N2O4/c1-28(2)20-16-18(26(32)33)12-14-22(20)30(5)24(28)10-8-7-9-11-25-29(3,4)21-17-19(27(34)35)13-15-23(21)31(25)6/h7-17H,1-6H3,(H-,32,33,34,35)/p+1. The summed E-state index contributed by atoms with van der Waals surface area (Å²) in [6.07, 6.45) is 10.1. The first-order valence-electron chi connectivity index (χ1n) is 11.5. The molecule has 180 valence electrons. The Morgan fingerprint density at radius 2 is 1.46 bits per heavy atom. The van der Waals surface area contributed by atoms with Gasteiger partial charge in [0.25, 0.3) is 0 Å². The number of aromatic carboxylic acids is 2. The van der Waals surface area contributed by atoms with E-state index in [9.17, 15) is 19.8 Å². The summed E-state index contributed by atoms with van der Waals surface area (Å²) in [5.41, 5.74) is 6.13. The summed E-state index contributed by atoms with van der Waals surface area (Å²) in [6.45, 7) is 8.41. The molecule has 6 heteroatoms. The van der Waals surface area contributed by atoms with Crippen LogP contribution in [-0.2, 0) is 10.8 Å². The Morgan fingerprint density at radius 3 is 2.09 bits per heavy atom. The van der Waals surface area contributed by atoms with Gasteiger partial charge in [-0.15, -0.1) is 0 Å². The zero-order valence-corrected chi connectivity index (χ0v) is 21.0. The highest BCUT2D eigenvalue weighted by atomic mass is 16.4. The van der Waals surface area contributed by atoms with Crippen LogP contribution < -0.4 is 4.90 Å². The van der Waals surface area contributed by atoms with Crippen molar-refractivity contribution < 1.29 is 24.4 Å². The Hall–Kier alpha value is -3.93. The van der Waals surface area contributed by atoms with E-state index >= 15 is 0 Å². The summed E-state index contributed by atoms with van der Waals surface area (Å²) in [4.78, 5) is 25.0. The normalized spacial score (nSPS) is 19.1. The first-order chi connectivity index (χ1) is 16.4. The first-order valence-corrected chi connectivity index (χ1v) is 11.5. The van der Waals surface area contributed by atoms with Gasteiger partial charge in [-0.05, 0) is 55.8 Å². The second-order valence-electron chi connectivity index (χ2n) is 10.1. The predicted octanol–water partition coefficient (Wildman–Crippen LogP) is 5.51. The predicted molar refractivity (Wildman–Crippen MR) is 138 cm³/mol. The van der Waals surface area contributed by atoms with Gasteiger partial charge in [0.2, 0.25) is 5.69 Å². The number of carboxylic acid groups (broad SMARTS) is 2. The molecule has 4 rings (SSSR count). The van der Waals surface area contributed by atoms with Crippen LogP contribution in [0.4, 0.5) is 11.4 Å². The van der Waals surface area contributed by atoms with E-state index in [1.807, 2.05) is 44.5 Å². The van der Waals surface area contributed by atoms with Gasteiger partial charge in [-0.3, -0.25) is 0 Å². The van der Waals surface area contributed by atoms with Crippen molar-refractivity contribution >= 4 is 29.0 Å². The monoisotopic (exact) mass is 471 g/mol. The molecule has 2 heterocycles. The molecule has 0 aliphatic carbocycles. The van der Waals surface area contributed by atoms with Gasteiger partial charge in [0.15, 0.2) is 5.71 Å². The second-order valence-corrected chi connectivity index (χ2v) is 10.1. The Kier molecular flexibility index (Phi) is 5.79. The van der Waals surface area contributed by atoms with Gasteiger partial charge in [0.05, 0.1) is 16.5 Å². The summed E-state index contributed by atoms with van der Waals surface area (Å²) in [5, 5.41) is 18.8. The number of benzene rings is 2. The smallest absolute Gasteiger partial charge is 0.335 e. The number of carbonyl (C=O) groups is 2. The molecule has 0 saturated carbocycles. The number of rotatable bonds is 5. The number of hydrogen-bond acceptors (Lipinski definition) is 3. The van der Waals surface area contributed by atoms with Crippen molar-refractivity contribution in [2.24, 2.45) is 0 Å². The maximum atomic E-state index is 11.4. The Morgan fingerprint density at radius 1 is 0.857 bits per heavy atom. The van der Waals surface area contributed by atoms with E-state index in [0.717, 1.165) is 33.9 Å². The van der Waals surface area contributed by atoms with Crippen molar-refractivity contribution in [3.8, 4) is 0 Å². The van der Waals surface area contributed by atoms with E-state index < -0.39 is 11.9 Å². The van der Waals surface area contributed by atoms with E-state index in [0.29, 0.717) is 11.1 Å². The molecule has 0 unspecified atom stereocenters. The van der Waals surface area contributed by atoms with Crippen LogP contribution in [0.15, 0.2) is 72.5 Å². The number of allylic oxidation sites excluding steroid dienone is 6. The maximum Gasteiger partial charge on any atom is 0.335 e. The lowest BCUT2D eigenvalue weighted by atomic mass is 9.81. The summed E-state index contributed by atoms with van der Waals surface area (Å²) >= 11 is 0. The highest BCUT2D eigenvalue weighted by molar-refractivity contribution is 6.03. The van der Waals surface area contributed by atoms with Crippen molar-refractivity contribution in [3.05, 3.63) is 94.7 Å². The third kappa shape index (κ3) is 3.89. The highest BCUT2D eigenvalue weighted by Crippen LogP contribution is 2.47. The number of carboxylic acids is 2. The summed E-state index contributed by atoms with van der Waals surface area (Å²) < 4.78 is 2.11. The number of likely N-dealkylation sites (N-methyl/N-ethyl adjacent to an activating group) is 1. The lowest BCUT2D eigenvalue weighted by molar-refractivity contribution is -0.401. The molecule has 0 saturated heterocycles. The minimum Gasteiger partial charge on any atom is -0.478 e. The minimum atomic E-state index is -0.924. The van der Waals surface area contributed by atoms with Gasteiger partial charge >= 0.3 is 11.9 Å². The Balaban J connectivity index is 1.58. The van der Waals surface area contributed by atoms with E-state index in [2.05, 4.69) is 49.3 Å². The zero-order valence-electron chi connectivity index (χ0n) is 21.0. The molecule has 2 N–H and O–H groups in total. The fourth-order valence-electron chi connectivity index (χ4n) is 5.30. The average Bonchev–Trinajstić information content (AvgIpc) is 3.11. The molecule has 35 heavy (non-hydrogen) atoms. The van der Waals surface area contributed by atoms with Crippen LogP contribution in [0.1, 0.15) is 59.5 Å². The maximum absolute atomic E-state index is 11.4. The van der Waals surface area contributed by atoms with Crippen LogP contribution in [0.2, 0.25) is 0 Å². The molecule has 2 aromatic carbocycles. The fraction of sp³-hybridized carbons (Fsp3) is 0.276. The van der Waals surface area contributed by atoms with Crippen molar-refractivity contribution in [1.82, 2.24) is 0 Å². The van der Waals surface area contributed by atoms with Gasteiger partial charge in [0.1, 0.15) is 7.05 Å². The van der Waals surface area contributed by atoms with Crippen LogP contribution in [0, 0.1) is 0 Å². The zero-order chi connectivity index (χ0) is 25.7. The number of nitrogens with zero attached hydrogens (tertiary/aromatic N) is 2. The van der Waals surface area contributed by atoms with Crippen molar-refractivity contribution in [1.29, 1.82) is 0 Å². The number of anilines is 1. The van der Waals surface area contributed by atoms with Crippen LogP contribution >= 0.6 is 0 Å². The summed E-state index contributed by atoms with van der Waals surface area (Å²) in [5.74, 6) is -1.85. The van der Waals surface area contributed by atoms with Crippen molar-refractivity contribution in [3.63, 3.8) is 0 Å².